The average molecular weight is 209 g/mol. The fourth-order valence-corrected chi connectivity index (χ4v) is 1.24. The van der Waals surface area contributed by atoms with E-state index in [4.69, 9.17) is 4.84 Å². The summed E-state index contributed by atoms with van der Waals surface area (Å²) in [6.45, 7) is 4.49. The highest BCUT2D eigenvalue weighted by Gasteiger charge is 2.17. The molecule has 1 N–H and O–H groups in total. The minimum atomic E-state index is -0.322. The van der Waals surface area contributed by atoms with Crippen molar-refractivity contribution in [1.29, 1.82) is 0 Å². The van der Waals surface area contributed by atoms with Crippen molar-refractivity contribution in [3.63, 3.8) is 0 Å². The number of hydrogen-bond donors (Lipinski definition) is 1. The first-order valence-electron chi connectivity index (χ1n) is 4.93. The minimum absolute atomic E-state index is 0.0272. The summed E-state index contributed by atoms with van der Waals surface area (Å²) in [5.41, 5.74) is 0.257. The van der Waals surface area contributed by atoms with E-state index in [9.17, 15) is 9.90 Å². The third-order valence-electron chi connectivity index (χ3n) is 1.93. The monoisotopic (exact) mass is 209 g/mol. The van der Waals surface area contributed by atoms with Gasteiger partial charge in [-0.3, -0.25) is 9.63 Å². The second-order valence-corrected chi connectivity index (χ2v) is 2.93. The third kappa shape index (κ3) is 2.70. The molecule has 0 saturated heterocycles. The molecule has 1 amide bonds. The summed E-state index contributed by atoms with van der Waals surface area (Å²) in [6.07, 6.45) is 0. The summed E-state index contributed by atoms with van der Waals surface area (Å²) in [5.74, 6) is -0.349. The van der Waals surface area contributed by atoms with Crippen LogP contribution in [0.4, 0.5) is 0 Å². The normalized spacial score (nSPS) is 10.0. The lowest BCUT2D eigenvalue weighted by atomic mass is 10.2. The van der Waals surface area contributed by atoms with Crippen LogP contribution in [0.3, 0.4) is 0 Å². The molecular weight excluding hydrogens is 194 g/mol. The number of para-hydroxylation sites is 1. The summed E-state index contributed by atoms with van der Waals surface area (Å²) >= 11 is 0. The second kappa shape index (κ2) is 5.36. The van der Waals surface area contributed by atoms with Crippen molar-refractivity contribution >= 4 is 5.91 Å². The third-order valence-corrected chi connectivity index (χ3v) is 1.93. The topological polar surface area (TPSA) is 49.8 Å². The van der Waals surface area contributed by atoms with Crippen molar-refractivity contribution in [1.82, 2.24) is 5.06 Å². The molecule has 0 saturated carbocycles. The Kier molecular flexibility index (Phi) is 4.12. The largest absolute Gasteiger partial charge is 0.507 e. The first-order chi connectivity index (χ1) is 7.20. The summed E-state index contributed by atoms with van der Waals surface area (Å²) in [7, 11) is 0. The number of phenols is 1. The van der Waals surface area contributed by atoms with Crippen LogP contribution in [0.25, 0.3) is 0 Å². The van der Waals surface area contributed by atoms with Crippen molar-refractivity contribution in [2.24, 2.45) is 0 Å². The lowest BCUT2D eigenvalue weighted by Crippen LogP contribution is -2.31. The van der Waals surface area contributed by atoms with E-state index >= 15 is 0 Å². The van der Waals surface area contributed by atoms with Crippen molar-refractivity contribution in [2.45, 2.75) is 13.8 Å². The molecule has 4 heteroatoms. The zero-order valence-electron chi connectivity index (χ0n) is 8.93. The molecule has 1 aromatic rings. The Balaban J connectivity index is 2.88. The van der Waals surface area contributed by atoms with Crippen LogP contribution in [-0.4, -0.2) is 29.2 Å². The Morgan fingerprint density at radius 2 is 2.07 bits per heavy atom. The van der Waals surface area contributed by atoms with Crippen LogP contribution < -0.4 is 0 Å². The number of hydroxylamine groups is 2. The van der Waals surface area contributed by atoms with E-state index in [1.165, 1.54) is 11.1 Å². The van der Waals surface area contributed by atoms with Gasteiger partial charge < -0.3 is 5.11 Å². The molecule has 0 heterocycles. The molecule has 0 aromatic heterocycles. The summed E-state index contributed by atoms with van der Waals surface area (Å²) < 4.78 is 0. The number of aromatic hydroxyl groups is 1. The smallest absolute Gasteiger partial charge is 0.281 e. The van der Waals surface area contributed by atoms with Gasteiger partial charge in [0.15, 0.2) is 0 Å². The SMILES string of the molecule is CCON(CC)C(=O)c1ccccc1O. The van der Waals surface area contributed by atoms with Crippen LogP contribution in [0.1, 0.15) is 24.2 Å². The summed E-state index contributed by atoms with van der Waals surface area (Å²) in [5, 5.41) is 10.7. The van der Waals surface area contributed by atoms with Crippen LogP contribution in [0.15, 0.2) is 24.3 Å². The molecule has 0 aliphatic carbocycles. The first kappa shape index (κ1) is 11.5. The van der Waals surface area contributed by atoms with Gasteiger partial charge in [-0.1, -0.05) is 12.1 Å². The molecule has 0 aliphatic rings. The number of benzene rings is 1. The molecule has 0 spiro atoms. The number of carbonyl (C=O) groups is 1. The minimum Gasteiger partial charge on any atom is -0.507 e. The van der Waals surface area contributed by atoms with E-state index in [0.717, 1.165) is 0 Å². The molecule has 0 aliphatic heterocycles. The fraction of sp³-hybridized carbons (Fsp3) is 0.364. The highest BCUT2D eigenvalue weighted by molar-refractivity contribution is 5.96. The zero-order valence-corrected chi connectivity index (χ0v) is 8.93. The highest BCUT2D eigenvalue weighted by Crippen LogP contribution is 2.17. The Morgan fingerprint density at radius 3 is 2.60 bits per heavy atom. The van der Waals surface area contributed by atoms with Gasteiger partial charge in [0.2, 0.25) is 0 Å². The van der Waals surface area contributed by atoms with Crippen LogP contribution in [0.2, 0.25) is 0 Å². The van der Waals surface area contributed by atoms with Crippen LogP contribution in [0.5, 0.6) is 5.75 Å². The lowest BCUT2D eigenvalue weighted by Gasteiger charge is -2.19. The molecule has 0 atom stereocenters. The van der Waals surface area contributed by atoms with Crippen LogP contribution in [0, 0.1) is 0 Å². The lowest BCUT2D eigenvalue weighted by molar-refractivity contribution is -0.115. The predicted octanol–water partition coefficient (Wildman–Crippen LogP) is 1.81. The molecule has 15 heavy (non-hydrogen) atoms. The van der Waals surface area contributed by atoms with Crippen molar-refractivity contribution in [3.8, 4) is 5.75 Å². The molecule has 0 unspecified atom stereocenters. The van der Waals surface area contributed by atoms with E-state index in [1.54, 1.807) is 25.1 Å². The molecule has 0 bridgehead atoms. The van der Waals surface area contributed by atoms with Gasteiger partial charge in [0, 0.05) is 6.54 Å². The molecule has 0 fully saturated rings. The van der Waals surface area contributed by atoms with Gasteiger partial charge in [-0.25, -0.2) is 5.06 Å². The van der Waals surface area contributed by atoms with E-state index in [2.05, 4.69) is 0 Å². The number of carbonyl (C=O) groups excluding carboxylic acids is 1. The van der Waals surface area contributed by atoms with Crippen LogP contribution >= 0.6 is 0 Å². The Labute approximate surface area is 89.0 Å². The van der Waals surface area contributed by atoms with Gasteiger partial charge in [-0.2, -0.15) is 0 Å². The standard InChI is InChI=1S/C11H15NO3/c1-3-12(15-4-2)11(14)9-7-5-6-8-10(9)13/h5-8,13H,3-4H2,1-2H3. The Bertz CT molecular complexity index is 338. The number of phenolic OH excluding ortho intramolecular Hbond substituents is 1. The molecule has 4 nitrogen and oxygen atoms in total. The van der Waals surface area contributed by atoms with Gasteiger partial charge in [0.25, 0.3) is 5.91 Å². The average Bonchev–Trinajstić information content (AvgIpc) is 2.25. The highest BCUT2D eigenvalue weighted by atomic mass is 16.7. The van der Waals surface area contributed by atoms with E-state index in [-0.39, 0.29) is 17.2 Å². The quantitative estimate of drug-likeness (QED) is 0.769. The molecule has 82 valence electrons. The van der Waals surface area contributed by atoms with Crippen LogP contribution in [-0.2, 0) is 4.84 Å². The maximum atomic E-state index is 11.8. The second-order valence-electron chi connectivity index (χ2n) is 2.93. The Hall–Kier alpha value is -1.55. The van der Waals surface area contributed by atoms with Gasteiger partial charge in [-0.05, 0) is 26.0 Å². The van der Waals surface area contributed by atoms with Crippen molar-refractivity contribution in [2.75, 3.05) is 13.2 Å². The Morgan fingerprint density at radius 1 is 1.40 bits per heavy atom. The van der Waals surface area contributed by atoms with E-state index < -0.39 is 0 Å². The number of rotatable bonds is 4. The van der Waals surface area contributed by atoms with E-state index in [1.807, 2.05) is 6.92 Å². The van der Waals surface area contributed by atoms with Crippen molar-refractivity contribution < 1.29 is 14.7 Å². The number of hydrogen-bond acceptors (Lipinski definition) is 3. The zero-order chi connectivity index (χ0) is 11.3. The fourth-order valence-electron chi connectivity index (χ4n) is 1.24. The van der Waals surface area contributed by atoms with Gasteiger partial charge in [-0.15, -0.1) is 0 Å². The summed E-state index contributed by atoms with van der Waals surface area (Å²) in [4.78, 5) is 17.0. The number of amides is 1. The summed E-state index contributed by atoms with van der Waals surface area (Å²) in [6, 6.07) is 6.42. The maximum Gasteiger partial charge on any atom is 0.281 e. The van der Waals surface area contributed by atoms with Gasteiger partial charge in [0.1, 0.15) is 5.75 Å². The molecular formula is C11H15NO3. The van der Waals surface area contributed by atoms with Gasteiger partial charge >= 0.3 is 0 Å². The number of nitrogens with zero attached hydrogens (tertiary/aromatic N) is 1. The molecule has 1 aromatic carbocycles. The maximum absolute atomic E-state index is 11.8. The molecule has 1 rings (SSSR count). The molecule has 0 radical (unpaired) electrons. The van der Waals surface area contributed by atoms with Crippen molar-refractivity contribution in [3.05, 3.63) is 29.8 Å². The predicted molar refractivity (Wildman–Crippen MR) is 56.4 cm³/mol. The van der Waals surface area contributed by atoms with E-state index in [0.29, 0.717) is 13.2 Å². The first-order valence-corrected chi connectivity index (χ1v) is 4.93. The van der Waals surface area contributed by atoms with Gasteiger partial charge in [0.05, 0.1) is 12.2 Å².